The number of nitrogens with zero attached hydrogens (tertiary/aromatic N) is 2. The molecule has 2 N–H and O–H groups in total. The lowest BCUT2D eigenvalue weighted by Crippen LogP contribution is -2.32. The molecule has 0 saturated heterocycles. The van der Waals surface area contributed by atoms with Gasteiger partial charge in [0.15, 0.2) is 0 Å². The molecule has 0 saturated carbocycles. The van der Waals surface area contributed by atoms with E-state index in [9.17, 15) is 9.90 Å². The summed E-state index contributed by atoms with van der Waals surface area (Å²) in [7, 11) is 1.28. The minimum absolute atomic E-state index is 0.0103. The average molecular weight is 253 g/mol. The summed E-state index contributed by atoms with van der Waals surface area (Å²) in [5.41, 5.74) is -0.159. The highest BCUT2D eigenvalue weighted by Gasteiger charge is 2.18. The van der Waals surface area contributed by atoms with Crippen LogP contribution in [0, 0.1) is 6.92 Å². The molecule has 0 spiro atoms. The van der Waals surface area contributed by atoms with E-state index in [4.69, 9.17) is 0 Å². The fourth-order valence-corrected chi connectivity index (χ4v) is 1.25. The van der Waals surface area contributed by atoms with Gasteiger partial charge in [-0.3, -0.25) is 0 Å². The molecular weight excluding hydrogens is 234 g/mol. The van der Waals surface area contributed by atoms with Crippen LogP contribution in [-0.4, -0.2) is 40.3 Å². The number of anilines is 1. The summed E-state index contributed by atoms with van der Waals surface area (Å²) in [6, 6.07) is 1.71. The van der Waals surface area contributed by atoms with E-state index in [1.165, 1.54) is 7.11 Å². The third-order valence-corrected chi connectivity index (χ3v) is 2.63. The molecule has 0 radical (unpaired) electrons. The molecule has 6 nitrogen and oxygen atoms in total. The Kier molecular flexibility index (Phi) is 4.61. The molecule has 1 heterocycles. The molecular formula is C12H19N3O3. The van der Waals surface area contributed by atoms with E-state index >= 15 is 0 Å². The van der Waals surface area contributed by atoms with Gasteiger partial charge in [0.2, 0.25) is 5.82 Å². The van der Waals surface area contributed by atoms with E-state index in [2.05, 4.69) is 20.0 Å². The van der Waals surface area contributed by atoms with Crippen LogP contribution in [0.5, 0.6) is 0 Å². The van der Waals surface area contributed by atoms with Crippen LogP contribution in [0.1, 0.15) is 36.6 Å². The van der Waals surface area contributed by atoms with Crippen LogP contribution in [0.15, 0.2) is 6.07 Å². The Bertz CT molecular complexity index is 433. The van der Waals surface area contributed by atoms with Crippen molar-refractivity contribution >= 4 is 11.8 Å². The second-order valence-electron chi connectivity index (χ2n) is 4.41. The van der Waals surface area contributed by atoms with Crippen molar-refractivity contribution in [2.45, 2.75) is 32.8 Å². The van der Waals surface area contributed by atoms with Gasteiger partial charge >= 0.3 is 5.97 Å². The van der Waals surface area contributed by atoms with E-state index < -0.39 is 11.6 Å². The molecule has 1 aromatic heterocycles. The maximum absolute atomic E-state index is 11.4. The van der Waals surface area contributed by atoms with Gasteiger partial charge in [-0.2, -0.15) is 0 Å². The monoisotopic (exact) mass is 253 g/mol. The predicted molar refractivity (Wildman–Crippen MR) is 67.5 cm³/mol. The smallest absolute Gasteiger partial charge is 0.376 e. The normalized spacial score (nSPS) is 13.8. The van der Waals surface area contributed by atoms with Crippen LogP contribution in [0.3, 0.4) is 0 Å². The first-order valence-corrected chi connectivity index (χ1v) is 5.78. The molecule has 18 heavy (non-hydrogen) atoms. The molecule has 0 aliphatic carbocycles. The van der Waals surface area contributed by atoms with E-state index in [0.29, 0.717) is 24.5 Å². The molecule has 0 bridgehead atoms. The molecule has 6 heteroatoms. The lowest BCUT2D eigenvalue weighted by Gasteiger charge is -2.22. The Balaban J connectivity index is 2.84. The first kappa shape index (κ1) is 14.4. The average Bonchev–Trinajstić information content (AvgIpc) is 2.35. The third kappa shape index (κ3) is 3.96. The fourth-order valence-electron chi connectivity index (χ4n) is 1.25. The summed E-state index contributed by atoms with van der Waals surface area (Å²) < 4.78 is 4.57. The number of nitrogens with one attached hydrogen (secondary N) is 1. The Morgan fingerprint density at radius 1 is 1.56 bits per heavy atom. The summed E-state index contributed by atoms with van der Waals surface area (Å²) in [6.07, 6.45) is 0.619. The molecule has 1 rings (SSSR count). The van der Waals surface area contributed by atoms with Gasteiger partial charge in [0.1, 0.15) is 5.82 Å². The lowest BCUT2D eigenvalue weighted by atomic mass is 10.0. The van der Waals surface area contributed by atoms with Gasteiger partial charge in [0.05, 0.1) is 12.7 Å². The summed E-state index contributed by atoms with van der Waals surface area (Å²) in [4.78, 5) is 19.4. The Morgan fingerprint density at radius 2 is 2.22 bits per heavy atom. The summed E-state index contributed by atoms with van der Waals surface area (Å²) in [5, 5.41) is 12.9. The van der Waals surface area contributed by atoms with Crippen molar-refractivity contribution in [1.82, 2.24) is 9.97 Å². The molecule has 0 amide bonds. The number of hydrogen-bond acceptors (Lipinski definition) is 6. The second kappa shape index (κ2) is 5.77. The number of methoxy groups -OCH3 is 1. The number of hydrogen-bond donors (Lipinski definition) is 2. The van der Waals surface area contributed by atoms with Crippen molar-refractivity contribution in [2.75, 3.05) is 19.0 Å². The van der Waals surface area contributed by atoms with Gasteiger partial charge < -0.3 is 15.2 Å². The lowest BCUT2D eigenvalue weighted by molar-refractivity contribution is 0.0586. The molecule has 0 aliphatic heterocycles. The zero-order valence-electron chi connectivity index (χ0n) is 11.1. The largest absolute Gasteiger partial charge is 0.463 e. The first-order valence-electron chi connectivity index (χ1n) is 5.78. The molecule has 0 fully saturated rings. The van der Waals surface area contributed by atoms with Gasteiger partial charge in [-0.1, -0.05) is 6.92 Å². The second-order valence-corrected chi connectivity index (χ2v) is 4.41. The van der Waals surface area contributed by atoms with Gasteiger partial charge in [0.25, 0.3) is 0 Å². The van der Waals surface area contributed by atoms with Gasteiger partial charge in [-0.05, 0) is 20.3 Å². The number of esters is 1. The fraction of sp³-hybridized carbons (Fsp3) is 0.583. The number of ether oxygens (including phenoxy) is 1. The first-order chi connectivity index (χ1) is 8.38. The maximum atomic E-state index is 11.4. The topological polar surface area (TPSA) is 84.3 Å². The van der Waals surface area contributed by atoms with Gasteiger partial charge in [-0.25, -0.2) is 14.8 Å². The minimum atomic E-state index is -0.815. The Morgan fingerprint density at radius 3 is 2.78 bits per heavy atom. The van der Waals surface area contributed by atoms with Crippen molar-refractivity contribution in [3.8, 4) is 0 Å². The number of aryl methyl sites for hydroxylation is 1. The molecule has 1 unspecified atom stereocenters. The van der Waals surface area contributed by atoms with Crippen LogP contribution in [-0.2, 0) is 4.74 Å². The highest BCUT2D eigenvalue weighted by atomic mass is 16.5. The van der Waals surface area contributed by atoms with E-state index in [1.54, 1.807) is 19.9 Å². The van der Waals surface area contributed by atoms with Crippen LogP contribution in [0.25, 0.3) is 0 Å². The standard InChI is InChI=1S/C12H19N3O3/c1-5-12(3,17)7-13-9-6-8(2)14-10(15-9)11(16)18-4/h6,17H,5,7H2,1-4H3,(H,13,14,15). The number of aliphatic hydroxyl groups is 1. The van der Waals surface area contributed by atoms with Gasteiger partial charge in [0, 0.05) is 18.3 Å². The number of aromatic nitrogens is 2. The number of carbonyl (C=O) groups is 1. The summed E-state index contributed by atoms with van der Waals surface area (Å²) in [5.74, 6) is -0.0724. The number of carbonyl (C=O) groups excluding carboxylic acids is 1. The minimum Gasteiger partial charge on any atom is -0.463 e. The molecule has 0 aliphatic rings. The van der Waals surface area contributed by atoms with E-state index in [-0.39, 0.29) is 5.82 Å². The highest BCUT2D eigenvalue weighted by molar-refractivity contribution is 5.85. The van der Waals surface area contributed by atoms with Crippen molar-refractivity contribution < 1.29 is 14.6 Å². The molecule has 1 aromatic rings. The maximum Gasteiger partial charge on any atom is 0.376 e. The zero-order chi connectivity index (χ0) is 13.8. The van der Waals surface area contributed by atoms with Crippen LogP contribution in [0.2, 0.25) is 0 Å². The summed E-state index contributed by atoms with van der Waals surface area (Å²) in [6.45, 7) is 5.74. The van der Waals surface area contributed by atoms with Crippen LogP contribution >= 0.6 is 0 Å². The summed E-state index contributed by atoms with van der Waals surface area (Å²) >= 11 is 0. The quantitative estimate of drug-likeness (QED) is 0.766. The zero-order valence-corrected chi connectivity index (χ0v) is 11.1. The van der Waals surface area contributed by atoms with Crippen LogP contribution in [0.4, 0.5) is 5.82 Å². The van der Waals surface area contributed by atoms with Crippen molar-refractivity contribution in [1.29, 1.82) is 0 Å². The molecule has 100 valence electrons. The van der Waals surface area contributed by atoms with Crippen LogP contribution < -0.4 is 5.32 Å². The van der Waals surface area contributed by atoms with Crippen molar-refractivity contribution in [3.05, 3.63) is 17.6 Å². The van der Waals surface area contributed by atoms with Crippen molar-refractivity contribution in [2.24, 2.45) is 0 Å². The Hall–Kier alpha value is -1.69. The van der Waals surface area contributed by atoms with Gasteiger partial charge in [-0.15, -0.1) is 0 Å². The van der Waals surface area contributed by atoms with E-state index in [1.807, 2.05) is 6.92 Å². The predicted octanol–water partition coefficient (Wildman–Crippen LogP) is 1.14. The SMILES string of the molecule is CCC(C)(O)CNc1cc(C)nc(C(=O)OC)n1. The van der Waals surface area contributed by atoms with E-state index in [0.717, 1.165) is 0 Å². The molecule has 1 atom stereocenters. The Labute approximate surface area is 106 Å². The highest BCUT2D eigenvalue weighted by Crippen LogP contribution is 2.12. The third-order valence-electron chi connectivity index (χ3n) is 2.63. The van der Waals surface area contributed by atoms with Crippen molar-refractivity contribution in [3.63, 3.8) is 0 Å². The molecule has 0 aromatic carbocycles. The number of rotatable bonds is 5.